The van der Waals surface area contributed by atoms with E-state index >= 15 is 0 Å². The fourth-order valence-electron chi connectivity index (χ4n) is 3.90. The number of carbonyl (C=O) groups excluding carboxylic acids is 1. The Labute approximate surface area is 174 Å². The molecule has 1 saturated carbocycles. The van der Waals surface area contributed by atoms with Gasteiger partial charge in [0, 0.05) is 44.4 Å². The van der Waals surface area contributed by atoms with Gasteiger partial charge in [0.25, 0.3) is 0 Å². The maximum atomic E-state index is 13.0. The Morgan fingerprint density at radius 3 is 2.71 bits per heavy atom. The van der Waals surface area contributed by atoms with Crippen LogP contribution in [0.4, 0.5) is 0 Å². The minimum atomic E-state index is -2.71. The lowest BCUT2D eigenvalue weighted by Gasteiger charge is -2.31. The highest BCUT2D eigenvalue weighted by molar-refractivity contribution is 5.86. The van der Waals surface area contributed by atoms with E-state index in [-0.39, 0.29) is 18.1 Å². The topological polar surface area (TPSA) is 63.9 Å². The summed E-state index contributed by atoms with van der Waals surface area (Å²) in [7, 11) is 1.86. The molecule has 4 rings (SSSR count). The van der Waals surface area contributed by atoms with Crippen LogP contribution < -0.4 is 0 Å². The molecule has 0 spiro atoms. The van der Waals surface area contributed by atoms with Crippen LogP contribution in [0.3, 0.4) is 0 Å². The summed E-state index contributed by atoms with van der Waals surface area (Å²) in [6, 6.07) is 7.11. The monoisotopic (exact) mass is 383 g/mol. The van der Waals surface area contributed by atoms with Crippen LogP contribution in [0, 0.1) is 5.92 Å². The molecule has 0 saturated heterocycles. The van der Waals surface area contributed by atoms with Gasteiger partial charge in [-0.15, -0.1) is 0 Å². The molecule has 2 heterocycles. The van der Waals surface area contributed by atoms with E-state index in [0.717, 1.165) is 22.0 Å². The van der Waals surface area contributed by atoms with E-state index in [1.807, 2.05) is 37.5 Å². The lowest BCUT2D eigenvalue weighted by molar-refractivity contribution is -0.123. The van der Waals surface area contributed by atoms with E-state index in [9.17, 15) is 4.79 Å². The summed E-state index contributed by atoms with van der Waals surface area (Å²) in [5.74, 6) is -0.227. The molecule has 3 aromatic rings. The number of nitrogens with zero attached hydrogens (tertiary/aromatic N) is 5. The predicted molar refractivity (Wildman–Crippen MR) is 110 cm³/mol. The van der Waals surface area contributed by atoms with E-state index in [4.69, 9.17) is 8.22 Å². The Morgan fingerprint density at radius 2 is 2.00 bits per heavy atom. The molecule has 0 amide bonds. The second-order valence-electron chi connectivity index (χ2n) is 7.53. The Balaban J connectivity index is 1.43. The van der Waals surface area contributed by atoms with Gasteiger partial charge in [0.2, 0.25) is 0 Å². The van der Waals surface area contributed by atoms with Gasteiger partial charge in [-0.25, -0.2) is 0 Å². The number of ketones is 1. The van der Waals surface area contributed by atoms with Crippen LogP contribution in [0.2, 0.25) is 0 Å². The molecule has 1 fully saturated rings. The van der Waals surface area contributed by atoms with Crippen LogP contribution in [0.15, 0.2) is 36.7 Å². The Kier molecular flexibility index (Phi) is 3.56. The van der Waals surface area contributed by atoms with Gasteiger partial charge in [-0.3, -0.25) is 9.48 Å². The molecule has 146 valence electrons. The van der Waals surface area contributed by atoms with Crippen LogP contribution in [-0.4, -0.2) is 50.7 Å². The van der Waals surface area contributed by atoms with Gasteiger partial charge in [-0.05, 0) is 63.4 Å². The highest BCUT2D eigenvalue weighted by Gasteiger charge is 2.27. The molecular weight excluding hydrogens is 350 g/mol. The Morgan fingerprint density at radius 1 is 1.18 bits per heavy atom. The number of Topliss-reactive ketones (excluding diaryl/α,β-unsaturated/α-hetero) is 1. The van der Waals surface area contributed by atoms with Crippen molar-refractivity contribution in [3.8, 4) is 11.1 Å². The maximum absolute atomic E-state index is 13.0. The molecule has 2 aromatic heterocycles. The molecule has 0 bridgehead atoms. The van der Waals surface area contributed by atoms with E-state index in [2.05, 4.69) is 15.3 Å². The normalized spacial score (nSPS) is 24.1. The van der Waals surface area contributed by atoms with Crippen molar-refractivity contribution in [2.24, 2.45) is 13.0 Å². The summed E-state index contributed by atoms with van der Waals surface area (Å²) >= 11 is 0. The minimum absolute atomic E-state index is 0.0184. The number of carbonyl (C=O) groups is 1. The summed E-state index contributed by atoms with van der Waals surface area (Å²) in [4.78, 5) is 13.6. The average molecular weight is 384 g/mol. The molecule has 0 N–H and O–H groups in total. The molecule has 1 aliphatic carbocycles. The number of benzene rings is 1. The first-order valence-electron chi connectivity index (χ1n) is 12.5. The zero-order chi connectivity index (χ0) is 24.7. The van der Waals surface area contributed by atoms with Gasteiger partial charge >= 0.3 is 0 Å². The summed E-state index contributed by atoms with van der Waals surface area (Å²) < 4.78 is 47.4. The predicted octanol–water partition coefficient (Wildman–Crippen LogP) is 3.26. The highest BCUT2D eigenvalue weighted by atomic mass is 16.1. The summed E-state index contributed by atoms with van der Waals surface area (Å²) in [5, 5.41) is 13.6. The zero-order valence-electron chi connectivity index (χ0n) is 21.8. The van der Waals surface area contributed by atoms with Crippen LogP contribution in [0.25, 0.3) is 22.0 Å². The fourth-order valence-corrected chi connectivity index (χ4v) is 3.90. The zero-order valence-corrected chi connectivity index (χ0v) is 15.8. The van der Waals surface area contributed by atoms with Crippen molar-refractivity contribution < 1.29 is 13.0 Å². The summed E-state index contributed by atoms with van der Waals surface area (Å²) in [6.45, 7) is -5.41. The minimum Gasteiger partial charge on any atom is -0.306 e. The Hall–Kier alpha value is -2.60. The third-order valence-electron chi connectivity index (χ3n) is 5.55. The number of aromatic nitrogens is 4. The van der Waals surface area contributed by atoms with Crippen molar-refractivity contribution in [1.82, 2.24) is 24.9 Å². The van der Waals surface area contributed by atoms with E-state index in [0.29, 0.717) is 36.3 Å². The van der Waals surface area contributed by atoms with E-state index in [1.165, 1.54) is 0 Å². The van der Waals surface area contributed by atoms with Crippen molar-refractivity contribution in [2.75, 3.05) is 14.0 Å². The van der Waals surface area contributed by atoms with E-state index in [1.54, 1.807) is 10.9 Å². The Bertz CT molecular complexity index is 1170. The number of aryl methyl sites for hydroxylation is 1. The van der Waals surface area contributed by atoms with Gasteiger partial charge in [0.1, 0.15) is 5.78 Å². The largest absolute Gasteiger partial charge is 0.306 e. The number of rotatable bonds is 5. The van der Waals surface area contributed by atoms with Crippen LogP contribution in [0.5, 0.6) is 0 Å². The molecule has 1 aromatic carbocycles. The molecule has 6 nitrogen and oxygen atoms in total. The number of fused-ring (bicyclic) bond motifs is 1. The van der Waals surface area contributed by atoms with Gasteiger partial charge in [-0.2, -0.15) is 15.3 Å². The molecule has 28 heavy (non-hydrogen) atoms. The van der Waals surface area contributed by atoms with Gasteiger partial charge < -0.3 is 4.90 Å². The maximum Gasteiger partial charge on any atom is 0.141 e. The summed E-state index contributed by atoms with van der Waals surface area (Å²) in [5.41, 5.74) is 3.30. The van der Waals surface area contributed by atoms with Crippen molar-refractivity contribution in [2.45, 2.75) is 38.1 Å². The smallest absolute Gasteiger partial charge is 0.141 e. The lowest BCUT2D eigenvalue weighted by Crippen LogP contribution is -2.34. The third kappa shape index (κ3) is 3.97. The first-order chi connectivity index (χ1) is 15.9. The van der Waals surface area contributed by atoms with Crippen molar-refractivity contribution in [3.05, 3.63) is 42.4 Å². The van der Waals surface area contributed by atoms with Crippen LogP contribution >= 0.6 is 0 Å². The highest BCUT2D eigenvalue weighted by Crippen LogP contribution is 2.28. The molecule has 0 unspecified atom stereocenters. The second-order valence-corrected chi connectivity index (χ2v) is 7.53. The van der Waals surface area contributed by atoms with Crippen LogP contribution in [-0.2, 0) is 18.3 Å². The van der Waals surface area contributed by atoms with Crippen molar-refractivity contribution in [3.63, 3.8) is 0 Å². The first kappa shape index (κ1) is 12.8. The fraction of sp³-hybridized carbons (Fsp3) is 0.455. The van der Waals surface area contributed by atoms with Crippen molar-refractivity contribution in [1.29, 1.82) is 0 Å². The molecule has 0 atom stereocenters. The third-order valence-corrected chi connectivity index (χ3v) is 5.55. The van der Waals surface area contributed by atoms with Crippen molar-refractivity contribution >= 4 is 16.7 Å². The average Bonchev–Trinajstić information content (AvgIpc) is 3.18. The number of hydrogen-bond acceptors (Lipinski definition) is 5. The standard InChI is InChI=1S/C22H27N5O/c1-26(2)20-7-4-15(5-8-20)22(28)12-19-11-17-10-16(6-9-21(17)25-24-19)18-13-23-27(3)14-18/h6,9-11,13-15,20H,4-5,7-8,12H2,1-3H3/i1D3,2D3. The van der Waals surface area contributed by atoms with Crippen LogP contribution in [0.1, 0.15) is 39.6 Å². The SMILES string of the molecule is [2H]C([2H])([2H])N(C1CCC(C(=O)Cc2cc3cc(-c4cnn(C)c4)ccc3nn2)CC1)C([2H])([2H])[2H]. The molecular formula is C22H27N5O. The molecule has 0 radical (unpaired) electrons. The second kappa shape index (κ2) is 7.80. The number of hydrogen-bond donors (Lipinski definition) is 0. The first-order valence-corrected chi connectivity index (χ1v) is 9.49. The van der Waals surface area contributed by atoms with Gasteiger partial charge in [0.15, 0.2) is 0 Å². The molecule has 1 aliphatic rings. The van der Waals surface area contributed by atoms with E-state index < -0.39 is 20.0 Å². The summed E-state index contributed by atoms with van der Waals surface area (Å²) in [6.07, 6.45) is 5.47. The lowest BCUT2D eigenvalue weighted by atomic mass is 9.82. The quantitative estimate of drug-likeness (QED) is 0.677. The van der Waals surface area contributed by atoms with Gasteiger partial charge in [-0.1, -0.05) is 6.07 Å². The van der Waals surface area contributed by atoms with Gasteiger partial charge in [0.05, 0.1) is 23.8 Å². The molecule has 6 heteroatoms. The molecule has 0 aliphatic heterocycles.